The lowest BCUT2D eigenvalue weighted by Crippen LogP contribution is -1.96. The van der Waals surface area contributed by atoms with Crippen LogP contribution in [0.4, 0.5) is 0 Å². The molecule has 3 heteroatoms. The zero-order valence-electron chi connectivity index (χ0n) is 6.38. The van der Waals surface area contributed by atoms with Crippen LogP contribution in [0.3, 0.4) is 0 Å². The van der Waals surface area contributed by atoms with E-state index in [9.17, 15) is 0 Å². The van der Waals surface area contributed by atoms with Gasteiger partial charge in [0.05, 0.1) is 0 Å². The van der Waals surface area contributed by atoms with Crippen molar-refractivity contribution in [1.29, 1.82) is 0 Å². The van der Waals surface area contributed by atoms with Crippen molar-refractivity contribution in [2.45, 2.75) is 12.8 Å². The standard InChI is InChI=1S/C8H13NO2/c10-3-1-7-5-9-6-8(7)2-4-11/h5-6,9-11H,1-4H2. The molecule has 0 spiro atoms. The molecule has 0 aliphatic heterocycles. The normalized spacial score (nSPS) is 10.4. The fourth-order valence-corrected chi connectivity index (χ4v) is 1.13. The molecule has 3 N–H and O–H groups in total. The summed E-state index contributed by atoms with van der Waals surface area (Å²) in [6, 6.07) is 0. The molecule has 0 atom stereocenters. The average Bonchev–Trinajstić information content (AvgIpc) is 2.39. The number of nitrogens with one attached hydrogen (secondary N) is 1. The third kappa shape index (κ3) is 2.06. The van der Waals surface area contributed by atoms with Gasteiger partial charge in [0.15, 0.2) is 0 Å². The van der Waals surface area contributed by atoms with Gasteiger partial charge in [-0.25, -0.2) is 0 Å². The molecule has 62 valence electrons. The lowest BCUT2D eigenvalue weighted by Gasteiger charge is -1.97. The Morgan fingerprint density at radius 2 is 1.45 bits per heavy atom. The highest BCUT2D eigenvalue weighted by molar-refractivity contribution is 5.23. The van der Waals surface area contributed by atoms with Crippen molar-refractivity contribution in [3.05, 3.63) is 23.5 Å². The Morgan fingerprint density at radius 1 is 1.00 bits per heavy atom. The predicted octanol–water partition coefficient (Wildman–Crippen LogP) is 0.0843. The number of aromatic nitrogens is 1. The minimum atomic E-state index is 0.163. The lowest BCUT2D eigenvalue weighted by atomic mass is 10.1. The summed E-state index contributed by atoms with van der Waals surface area (Å²) in [6.45, 7) is 0.326. The van der Waals surface area contributed by atoms with E-state index in [0.29, 0.717) is 12.8 Å². The Bertz CT molecular complexity index is 187. The van der Waals surface area contributed by atoms with Gasteiger partial charge < -0.3 is 15.2 Å². The van der Waals surface area contributed by atoms with Gasteiger partial charge in [0, 0.05) is 25.6 Å². The highest BCUT2D eigenvalue weighted by Gasteiger charge is 2.00. The van der Waals surface area contributed by atoms with E-state index in [4.69, 9.17) is 10.2 Å². The number of hydrogen-bond donors (Lipinski definition) is 3. The van der Waals surface area contributed by atoms with Crippen LogP contribution in [-0.4, -0.2) is 28.4 Å². The molecular formula is C8H13NO2. The molecule has 0 saturated heterocycles. The van der Waals surface area contributed by atoms with Gasteiger partial charge in [0.1, 0.15) is 0 Å². The van der Waals surface area contributed by atoms with E-state index in [1.807, 2.05) is 12.4 Å². The van der Waals surface area contributed by atoms with Gasteiger partial charge in [-0.3, -0.25) is 0 Å². The number of hydrogen-bond acceptors (Lipinski definition) is 2. The smallest absolute Gasteiger partial charge is 0.0472 e. The van der Waals surface area contributed by atoms with Crippen LogP contribution in [0, 0.1) is 0 Å². The van der Waals surface area contributed by atoms with Crippen LogP contribution in [0.25, 0.3) is 0 Å². The third-order valence-electron chi connectivity index (χ3n) is 1.69. The van der Waals surface area contributed by atoms with Gasteiger partial charge in [-0.05, 0) is 24.0 Å². The van der Waals surface area contributed by atoms with Crippen molar-refractivity contribution in [2.24, 2.45) is 0 Å². The first-order valence-electron chi connectivity index (χ1n) is 3.74. The first-order valence-corrected chi connectivity index (χ1v) is 3.74. The fourth-order valence-electron chi connectivity index (χ4n) is 1.13. The SMILES string of the molecule is OCCc1c[nH]cc1CCO. The van der Waals surface area contributed by atoms with Crippen molar-refractivity contribution < 1.29 is 10.2 Å². The van der Waals surface area contributed by atoms with E-state index in [0.717, 1.165) is 11.1 Å². The van der Waals surface area contributed by atoms with Crippen LogP contribution < -0.4 is 0 Å². The summed E-state index contributed by atoms with van der Waals surface area (Å²) >= 11 is 0. The number of H-pyrrole nitrogens is 1. The van der Waals surface area contributed by atoms with E-state index >= 15 is 0 Å². The zero-order chi connectivity index (χ0) is 8.10. The molecule has 0 radical (unpaired) electrons. The molecule has 0 amide bonds. The monoisotopic (exact) mass is 155 g/mol. The van der Waals surface area contributed by atoms with Crippen LogP contribution in [0.1, 0.15) is 11.1 Å². The second kappa shape index (κ2) is 4.16. The second-order valence-corrected chi connectivity index (χ2v) is 2.45. The number of aliphatic hydroxyl groups excluding tert-OH is 2. The zero-order valence-corrected chi connectivity index (χ0v) is 6.38. The largest absolute Gasteiger partial charge is 0.396 e. The van der Waals surface area contributed by atoms with E-state index in [1.165, 1.54) is 0 Å². The molecule has 1 heterocycles. The van der Waals surface area contributed by atoms with Crippen molar-refractivity contribution >= 4 is 0 Å². The maximum Gasteiger partial charge on any atom is 0.0472 e. The fraction of sp³-hybridized carbons (Fsp3) is 0.500. The number of aromatic amines is 1. The van der Waals surface area contributed by atoms with E-state index in [-0.39, 0.29) is 13.2 Å². The molecule has 0 bridgehead atoms. The highest BCUT2D eigenvalue weighted by Crippen LogP contribution is 2.08. The highest BCUT2D eigenvalue weighted by atomic mass is 16.3. The molecule has 0 aliphatic carbocycles. The van der Waals surface area contributed by atoms with Crippen LogP contribution in [0.2, 0.25) is 0 Å². The molecule has 0 saturated carbocycles. The molecule has 3 nitrogen and oxygen atoms in total. The molecule has 0 fully saturated rings. The Kier molecular flexibility index (Phi) is 3.14. The van der Waals surface area contributed by atoms with Gasteiger partial charge in [0.25, 0.3) is 0 Å². The second-order valence-electron chi connectivity index (χ2n) is 2.45. The van der Waals surface area contributed by atoms with Crippen LogP contribution >= 0.6 is 0 Å². The van der Waals surface area contributed by atoms with Crippen molar-refractivity contribution in [3.8, 4) is 0 Å². The lowest BCUT2D eigenvalue weighted by molar-refractivity contribution is 0.293. The van der Waals surface area contributed by atoms with Crippen molar-refractivity contribution in [1.82, 2.24) is 4.98 Å². The molecule has 0 unspecified atom stereocenters. The molecule has 1 rings (SSSR count). The maximum absolute atomic E-state index is 8.65. The van der Waals surface area contributed by atoms with Crippen molar-refractivity contribution in [3.63, 3.8) is 0 Å². The summed E-state index contributed by atoms with van der Waals surface area (Å²) in [5.74, 6) is 0. The van der Waals surface area contributed by atoms with Gasteiger partial charge >= 0.3 is 0 Å². The third-order valence-corrected chi connectivity index (χ3v) is 1.69. The minimum Gasteiger partial charge on any atom is -0.396 e. The first kappa shape index (κ1) is 8.30. The Labute approximate surface area is 65.7 Å². The topological polar surface area (TPSA) is 56.2 Å². The molecule has 1 aromatic rings. The van der Waals surface area contributed by atoms with E-state index in [1.54, 1.807) is 0 Å². The summed E-state index contributed by atoms with van der Waals surface area (Å²) in [5, 5.41) is 17.3. The van der Waals surface area contributed by atoms with E-state index < -0.39 is 0 Å². The van der Waals surface area contributed by atoms with Crippen molar-refractivity contribution in [2.75, 3.05) is 13.2 Å². The van der Waals surface area contributed by atoms with Crippen LogP contribution in [0.15, 0.2) is 12.4 Å². The first-order chi connectivity index (χ1) is 5.38. The predicted molar refractivity (Wildman–Crippen MR) is 42.4 cm³/mol. The maximum atomic E-state index is 8.65. The summed E-state index contributed by atoms with van der Waals surface area (Å²) in [5.41, 5.74) is 2.20. The average molecular weight is 155 g/mol. The van der Waals surface area contributed by atoms with Gasteiger partial charge in [-0.2, -0.15) is 0 Å². The van der Waals surface area contributed by atoms with E-state index in [2.05, 4.69) is 4.98 Å². The molecule has 0 aliphatic rings. The molecule has 1 aromatic heterocycles. The summed E-state index contributed by atoms with van der Waals surface area (Å²) in [6.07, 6.45) is 5.06. The summed E-state index contributed by atoms with van der Waals surface area (Å²) in [7, 11) is 0. The molecular weight excluding hydrogens is 142 g/mol. The summed E-state index contributed by atoms with van der Waals surface area (Å²) < 4.78 is 0. The van der Waals surface area contributed by atoms with Crippen LogP contribution in [0.5, 0.6) is 0 Å². The van der Waals surface area contributed by atoms with Gasteiger partial charge in [-0.15, -0.1) is 0 Å². The molecule has 11 heavy (non-hydrogen) atoms. The summed E-state index contributed by atoms with van der Waals surface area (Å²) in [4.78, 5) is 2.95. The quantitative estimate of drug-likeness (QED) is 0.577. The molecule has 0 aromatic carbocycles. The Morgan fingerprint density at radius 3 is 1.82 bits per heavy atom. The van der Waals surface area contributed by atoms with Gasteiger partial charge in [-0.1, -0.05) is 0 Å². The van der Waals surface area contributed by atoms with Crippen LogP contribution in [-0.2, 0) is 12.8 Å². The van der Waals surface area contributed by atoms with Gasteiger partial charge in [0.2, 0.25) is 0 Å². The Balaban J connectivity index is 2.62. The minimum absolute atomic E-state index is 0.163. The number of aliphatic hydroxyl groups is 2. The Hall–Kier alpha value is -0.800. The number of rotatable bonds is 4.